The molecular formula is C16H18FN2P. The molecule has 0 bridgehead atoms. The van der Waals surface area contributed by atoms with Gasteiger partial charge >= 0.3 is 0 Å². The van der Waals surface area contributed by atoms with E-state index in [-0.39, 0.29) is 5.83 Å². The van der Waals surface area contributed by atoms with Gasteiger partial charge in [0.15, 0.2) is 0 Å². The van der Waals surface area contributed by atoms with Crippen molar-refractivity contribution in [1.29, 1.82) is 5.26 Å². The summed E-state index contributed by atoms with van der Waals surface area (Å²) in [5.74, 6) is 2.58. The van der Waals surface area contributed by atoms with Crippen molar-refractivity contribution in [3.8, 4) is 5.81 Å². The molecule has 0 N–H and O–H groups in total. The van der Waals surface area contributed by atoms with Crippen molar-refractivity contribution in [3.63, 3.8) is 0 Å². The Hall–Kier alpha value is -1.52. The lowest BCUT2D eigenvalue weighted by Crippen LogP contribution is -2.04. The number of benzene rings is 1. The van der Waals surface area contributed by atoms with Gasteiger partial charge in [0.1, 0.15) is 5.83 Å². The molecule has 104 valence electrons. The maximum atomic E-state index is 13.4. The minimum atomic E-state index is -0.194. The van der Waals surface area contributed by atoms with Crippen LogP contribution in [0, 0.1) is 17.0 Å². The van der Waals surface area contributed by atoms with Crippen molar-refractivity contribution in [2.75, 3.05) is 12.7 Å². The fourth-order valence-electron chi connectivity index (χ4n) is 2.37. The Morgan fingerprint density at radius 3 is 2.90 bits per heavy atom. The first kappa shape index (κ1) is 14.9. The van der Waals surface area contributed by atoms with Crippen molar-refractivity contribution in [2.24, 2.45) is 10.9 Å². The molecule has 2 rings (SSSR count). The standard InChI is InChI=1S/C16H18FN2P/c1-2-15(17)13-3-5-14(6-4-13)16-9-12(10-19-16)7-8-20-11-18/h2-6,12,20H,7-10H2,1H3/b15-2-. The van der Waals surface area contributed by atoms with Gasteiger partial charge in [0.05, 0.1) is 5.81 Å². The molecule has 2 unspecified atom stereocenters. The van der Waals surface area contributed by atoms with Crippen molar-refractivity contribution < 1.29 is 4.39 Å². The third-order valence-corrected chi connectivity index (χ3v) is 4.22. The first-order valence-electron chi connectivity index (χ1n) is 6.82. The second kappa shape index (κ2) is 7.31. The molecule has 0 saturated carbocycles. The molecule has 2 atom stereocenters. The molecule has 1 aliphatic heterocycles. The van der Waals surface area contributed by atoms with Gasteiger partial charge in [-0.3, -0.25) is 4.99 Å². The zero-order valence-electron chi connectivity index (χ0n) is 11.6. The molecule has 1 heterocycles. The predicted octanol–water partition coefficient (Wildman–Crippen LogP) is 4.38. The van der Waals surface area contributed by atoms with Crippen LogP contribution in [-0.2, 0) is 0 Å². The van der Waals surface area contributed by atoms with Gasteiger partial charge in [-0.1, -0.05) is 30.3 Å². The van der Waals surface area contributed by atoms with Gasteiger partial charge in [-0.2, -0.15) is 5.26 Å². The number of hydrogen-bond donors (Lipinski definition) is 0. The molecule has 0 amide bonds. The highest BCUT2D eigenvalue weighted by molar-refractivity contribution is 7.43. The van der Waals surface area contributed by atoms with Gasteiger partial charge < -0.3 is 0 Å². The third-order valence-electron chi connectivity index (χ3n) is 3.53. The lowest BCUT2D eigenvalue weighted by atomic mass is 9.98. The number of rotatable bonds is 5. The molecule has 0 saturated heterocycles. The van der Waals surface area contributed by atoms with Gasteiger partial charge in [0, 0.05) is 17.8 Å². The van der Waals surface area contributed by atoms with Crippen LogP contribution in [0.15, 0.2) is 35.3 Å². The second-order valence-electron chi connectivity index (χ2n) is 4.90. The summed E-state index contributed by atoms with van der Waals surface area (Å²) in [5.41, 5.74) is 2.81. The Bertz CT molecular complexity index is 555. The van der Waals surface area contributed by atoms with Gasteiger partial charge in [-0.25, -0.2) is 4.39 Å². The van der Waals surface area contributed by atoms with E-state index in [4.69, 9.17) is 5.26 Å². The van der Waals surface area contributed by atoms with Crippen LogP contribution < -0.4 is 0 Å². The fourth-order valence-corrected chi connectivity index (χ4v) is 3.03. The van der Waals surface area contributed by atoms with Crippen molar-refractivity contribution in [3.05, 3.63) is 41.5 Å². The topological polar surface area (TPSA) is 36.1 Å². The summed E-state index contributed by atoms with van der Waals surface area (Å²) in [7, 11) is 0.402. The van der Waals surface area contributed by atoms with E-state index >= 15 is 0 Å². The quantitative estimate of drug-likeness (QED) is 0.585. The molecular weight excluding hydrogens is 270 g/mol. The van der Waals surface area contributed by atoms with Gasteiger partial charge in [0.25, 0.3) is 0 Å². The highest BCUT2D eigenvalue weighted by atomic mass is 31.1. The van der Waals surface area contributed by atoms with E-state index in [2.05, 4.69) is 10.8 Å². The van der Waals surface area contributed by atoms with E-state index in [1.807, 2.05) is 12.1 Å². The normalized spacial score (nSPS) is 19.4. The number of allylic oxidation sites excluding steroid dienone is 1. The lowest BCUT2D eigenvalue weighted by molar-refractivity contribution is 0.578. The van der Waals surface area contributed by atoms with Crippen LogP contribution in [0.2, 0.25) is 0 Å². The Morgan fingerprint density at radius 1 is 1.50 bits per heavy atom. The van der Waals surface area contributed by atoms with E-state index < -0.39 is 0 Å². The van der Waals surface area contributed by atoms with E-state index in [0.29, 0.717) is 20.1 Å². The summed E-state index contributed by atoms with van der Waals surface area (Å²) in [5, 5.41) is 8.56. The molecule has 1 aliphatic rings. The summed E-state index contributed by atoms with van der Waals surface area (Å²) in [6.45, 7) is 2.55. The van der Waals surface area contributed by atoms with Crippen LogP contribution in [0.3, 0.4) is 0 Å². The minimum absolute atomic E-state index is 0.194. The number of aliphatic imine (C=N–C) groups is 1. The van der Waals surface area contributed by atoms with Gasteiger partial charge in [-0.05, 0) is 46.0 Å². The second-order valence-corrected chi connectivity index (χ2v) is 5.98. The van der Waals surface area contributed by atoms with E-state index in [1.54, 1.807) is 19.1 Å². The highest BCUT2D eigenvalue weighted by Crippen LogP contribution is 2.25. The average molecular weight is 288 g/mol. The van der Waals surface area contributed by atoms with E-state index in [1.165, 1.54) is 6.08 Å². The fraction of sp³-hybridized carbons (Fsp3) is 0.375. The van der Waals surface area contributed by atoms with Crippen LogP contribution in [0.4, 0.5) is 4.39 Å². The third kappa shape index (κ3) is 3.74. The molecule has 0 fully saturated rings. The molecule has 1 aromatic carbocycles. The Kier molecular flexibility index (Phi) is 5.44. The highest BCUT2D eigenvalue weighted by Gasteiger charge is 2.19. The minimum Gasteiger partial charge on any atom is -0.289 e. The Balaban J connectivity index is 1.95. The number of halogens is 1. The molecule has 0 radical (unpaired) electrons. The number of hydrogen-bond acceptors (Lipinski definition) is 2. The van der Waals surface area contributed by atoms with Crippen LogP contribution in [0.5, 0.6) is 0 Å². The molecule has 0 aromatic heterocycles. The smallest absolute Gasteiger partial charge is 0.126 e. The summed E-state index contributed by atoms with van der Waals surface area (Å²) < 4.78 is 13.4. The Labute approximate surface area is 121 Å². The largest absolute Gasteiger partial charge is 0.289 e. The van der Waals surface area contributed by atoms with Crippen LogP contribution in [-0.4, -0.2) is 18.4 Å². The lowest BCUT2D eigenvalue weighted by Gasteiger charge is -2.07. The Morgan fingerprint density at radius 2 is 2.25 bits per heavy atom. The summed E-state index contributed by atoms with van der Waals surface area (Å²) in [6.07, 6.45) is 4.50. The van der Waals surface area contributed by atoms with Gasteiger partial charge in [-0.15, -0.1) is 0 Å². The van der Waals surface area contributed by atoms with E-state index in [0.717, 1.165) is 36.8 Å². The zero-order valence-corrected chi connectivity index (χ0v) is 12.6. The molecule has 20 heavy (non-hydrogen) atoms. The maximum absolute atomic E-state index is 13.4. The van der Waals surface area contributed by atoms with Crippen LogP contribution in [0.1, 0.15) is 30.9 Å². The zero-order chi connectivity index (χ0) is 14.4. The predicted molar refractivity (Wildman–Crippen MR) is 84.1 cm³/mol. The van der Waals surface area contributed by atoms with E-state index in [9.17, 15) is 4.39 Å². The molecule has 4 heteroatoms. The monoisotopic (exact) mass is 288 g/mol. The van der Waals surface area contributed by atoms with Crippen molar-refractivity contribution in [1.82, 2.24) is 0 Å². The molecule has 1 aromatic rings. The SMILES string of the molecule is C/C=C(\F)c1ccc(C2=NCC(CCPC#N)C2)cc1. The average Bonchev–Trinajstić information content (AvgIpc) is 2.96. The van der Waals surface area contributed by atoms with Crippen LogP contribution >= 0.6 is 8.58 Å². The molecule has 0 spiro atoms. The number of nitrogens with zero attached hydrogens (tertiary/aromatic N) is 2. The maximum Gasteiger partial charge on any atom is 0.126 e. The summed E-state index contributed by atoms with van der Waals surface area (Å²) in [4.78, 5) is 4.59. The van der Waals surface area contributed by atoms with Crippen molar-refractivity contribution >= 4 is 20.1 Å². The molecule has 0 aliphatic carbocycles. The number of nitriles is 1. The summed E-state index contributed by atoms with van der Waals surface area (Å²) >= 11 is 0. The van der Waals surface area contributed by atoms with Crippen molar-refractivity contribution in [2.45, 2.75) is 19.8 Å². The van der Waals surface area contributed by atoms with Gasteiger partial charge in [0.2, 0.25) is 0 Å². The van der Waals surface area contributed by atoms with Crippen LogP contribution in [0.25, 0.3) is 5.83 Å². The first-order chi connectivity index (χ1) is 9.74. The first-order valence-corrected chi connectivity index (χ1v) is 8.03. The molecule has 2 nitrogen and oxygen atoms in total. The summed E-state index contributed by atoms with van der Waals surface area (Å²) in [6, 6.07) is 7.49.